The standard InChI is InChI=1S/C11H13N3O2S3/c1-7-8-3-5-17-9(8)2-4-14(7)11-13-6-10(18-11)19(12,15)16/h3,5-7H,2,4H2,1H3,(H2,12,15,16)/t7-/m1/s1. The van der Waals surface area contributed by atoms with Gasteiger partial charge in [0.25, 0.3) is 0 Å². The summed E-state index contributed by atoms with van der Waals surface area (Å²) in [5.41, 5.74) is 1.31. The minimum atomic E-state index is -3.66. The van der Waals surface area contributed by atoms with Crippen molar-refractivity contribution < 1.29 is 8.42 Å². The summed E-state index contributed by atoms with van der Waals surface area (Å²) in [6.45, 7) is 2.97. The highest BCUT2D eigenvalue weighted by atomic mass is 32.2. The molecule has 5 nitrogen and oxygen atoms in total. The van der Waals surface area contributed by atoms with Gasteiger partial charge in [-0.05, 0) is 30.4 Å². The number of aromatic nitrogens is 1. The van der Waals surface area contributed by atoms with E-state index in [2.05, 4.69) is 28.3 Å². The molecule has 0 aromatic carbocycles. The monoisotopic (exact) mass is 315 g/mol. The molecular weight excluding hydrogens is 302 g/mol. The third kappa shape index (κ3) is 2.29. The summed E-state index contributed by atoms with van der Waals surface area (Å²) in [4.78, 5) is 7.75. The first-order valence-corrected chi connectivity index (χ1v) is 9.02. The maximum absolute atomic E-state index is 11.3. The molecule has 3 rings (SSSR count). The summed E-state index contributed by atoms with van der Waals surface area (Å²) in [7, 11) is -3.66. The number of nitrogens with two attached hydrogens (primary N) is 1. The van der Waals surface area contributed by atoms with Gasteiger partial charge in [-0.25, -0.2) is 18.5 Å². The predicted molar refractivity (Wildman–Crippen MR) is 77.3 cm³/mol. The quantitative estimate of drug-likeness (QED) is 0.919. The van der Waals surface area contributed by atoms with Gasteiger partial charge >= 0.3 is 0 Å². The molecule has 2 aromatic heterocycles. The number of hydrogen-bond acceptors (Lipinski definition) is 6. The van der Waals surface area contributed by atoms with E-state index in [4.69, 9.17) is 5.14 Å². The number of hydrogen-bond donors (Lipinski definition) is 1. The zero-order chi connectivity index (χ0) is 13.6. The fourth-order valence-electron chi connectivity index (χ4n) is 2.29. The van der Waals surface area contributed by atoms with E-state index in [9.17, 15) is 8.42 Å². The van der Waals surface area contributed by atoms with E-state index in [1.165, 1.54) is 16.6 Å². The predicted octanol–water partition coefficient (Wildman–Crippen LogP) is 1.98. The topological polar surface area (TPSA) is 76.3 Å². The number of sulfonamides is 1. The molecule has 0 saturated carbocycles. The smallest absolute Gasteiger partial charge is 0.249 e. The second-order valence-corrected chi connectivity index (χ2v) is 8.22. The number of anilines is 1. The van der Waals surface area contributed by atoms with Crippen molar-refractivity contribution in [1.82, 2.24) is 4.98 Å². The summed E-state index contributed by atoms with van der Waals surface area (Å²) in [5.74, 6) is 0. The zero-order valence-electron chi connectivity index (χ0n) is 10.2. The Kier molecular flexibility index (Phi) is 3.12. The zero-order valence-corrected chi connectivity index (χ0v) is 12.7. The van der Waals surface area contributed by atoms with Crippen molar-refractivity contribution in [1.29, 1.82) is 0 Å². The molecule has 0 amide bonds. The third-order valence-electron chi connectivity index (χ3n) is 3.28. The van der Waals surface area contributed by atoms with Gasteiger partial charge in [0.15, 0.2) is 9.34 Å². The molecule has 1 aliphatic heterocycles. The van der Waals surface area contributed by atoms with E-state index in [1.54, 1.807) is 11.3 Å². The van der Waals surface area contributed by atoms with Gasteiger partial charge in [0, 0.05) is 11.4 Å². The largest absolute Gasteiger partial charge is 0.341 e. The fraction of sp³-hybridized carbons (Fsp3) is 0.364. The highest BCUT2D eigenvalue weighted by Crippen LogP contribution is 2.37. The van der Waals surface area contributed by atoms with E-state index >= 15 is 0 Å². The average Bonchev–Trinajstić information content (AvgIpc) is 2.96. The molecule has 2 N–H and O–H groups in total. The number of thiazole rings is 1. The van der Waals surface area contributed by atoms with Gasteiger partial charge in [-0.2, -0.15) is 0 Å². The van der Waals surface area contributed by atoms with E-state index in [1.807, 2.05) is 0 Å². The van der Waals surface area contributed by atoms with E-state index in [0.717, 1.165) is 24.3 Å². The summed E-state index contributed by atoms with van der Waals surface area (Å²) in [5, 5.41) is 7.94. The first-order chi connectivity index (χ1) is 8.97. The van der Waals surface area contributed by atoms with Gasteiger partial charge in [0.1, 0.15) is 0 Å². The van der Waals surface area contributed by atoms with Crippen molar-refractivity contribution in [2.75, 3.05) is 11.4 Å². The highest BCUT2D eigenvalue weighted by molar-refractivity contribution is 7.91. The lowest BCUT2D eigenvalue weighted by molar-refractivity contribution is 0.599. The van der Waals surface area contributed by atoms with Crippen molar-refractivity contribution in [2.24, 2.45) is 5.14 Å². The summed E-state index contributed by atoms with van der Waals surface area (Å²) < 4.78 is 22.7. The minimum Gasteiger partial charge on any atom is -0.341 e. The molecule has 0 saturated heterocycles. The summed E-state index contributed by atoms with van der Waals surface area (Å²) in [6.07, 6.45) is 2.31. The molecule has 3 heterocycles. The second-order valence-electron chi connectivity index (χ2n) is 4.43. The lowest BCUT2D eigenvalue weighted by Crippen LogP contribution is -2.32. The van der Waals surface area contributed by atoms with E-state index in [0.29, 0.717) is 5.13 Å². The van der Waals surface area contributed by atoms with Crippen LogP contribution in [0.3, 0.4) is 0 Å². The molecule has 1 atom stereocenters. The van der Waals surface area contributed by atoms with Crippen LogP contribution >= 0.6 is 22.7 Å². The number of thiophene rings is 1. The molecule has 0 fully saturated rings. The van der Waals surface area contributed by atoms with Crippen LogP contribution in [0.5, 0.6) is 0 Å². The highest BCUT2D eigenvalue weighted by Gasteiger charge is 2.27. The molecule has 1 aliphatic rings. The van der Waals surface area contributed by atoms with Gasteiger partial charge in [-0.1, -0.05) is 11.3 Å². The van der Waals surface area contributed by atoms with Crippen LogP contribution in [0.4, 0.5) is 5.13 Å². The summed E-state index contributed by atoms with van der Waals surface area (Å²) in [6, 6.07) is 2.35. The molecular formula is C11H13N3O2S3. The van der Waals surface area contributed by atoms with Crippen LogP contribution in [0.25, 0.3) is 0 Å². The Balaban J connectivity index is 1.94. The van der Waals surface area contributed by atoms with E-state index in [-0.39, 0.29) is 10.3 Å². The molecule has 19 heavy (non-hydrogen) atoms. The van der Waals surface area contributed by atoms with Crippen molar-refractivity contribution in [3.63, 3.8) is 0 Å². The minimum absolute atomic E-state index is 0.116. The number of primary sulfonamides is 1. The van der Waals surface area contributed by atoms with Gasteiger partial charge < -0.3 is 4.90 Å². The van der Waals surface area contributed by atoms with Crippen LogP contribution in [0.2, 0.25) is 0 Å². The fourth-order valence-corrected chi connectivity index (χ4v) is 4.89. The first-order valence-electron chi connectivity index (χ1n) is 5.78. The van der Waals surface area contributed by atoms with E-state index < -0.39 is 10.0 Å². The Bertz CT molecular complexity index is 704. The Hall–Kier alpha value is -0.960. The van der Waals surface area contributed by atoms with Crippen molar-refractivity contribution in [3.8, 4) is 0 Å². The third-order valence-corrected chi connectivity index (χ3v) is 6.71. The number of fused-ring (bicyclic) bond motifs is 1. The van der Waals surface area contributed by atoms with Crippen LogP contribution in [0, 0.1) is 0 Å². The molecule has 0 spiro atoms. The van der Waals surface area contributed by atoms with Crippen LogP contribution < -0.4 is 10.0 Å². The molecule has 2 aromatic rings. The van der Waals surface area contributed by atoms with Crippen molar-refractivity contribution >= 4 is 37.8 Å². The van der Waals surface area contributed by atoms with Gasteiger partial charge in [0.2, 0.25) is 10.0 Å². The average molecular weight is 315 g/mol. The second kappa shape index (κ2) is 4.55. The normalized spacial score (nSPS) is 19.5. The lowest BCUT2D eigenvalue weighted by Gasteiger charge is -2.33. The molecule has 102 valence electrons. The van der Waals surface area contributed by atoms with Crippen LogP contribution in [-0.2, 0) is 16.4 Å². The molecule has 0 radical (unpaired) electrons. The van der Waals surface area contributed by atoms with Crippen molar-refractivity contribution in [2.45, 2.75) is 23.6 Å². The molecule has 0 aliphatic carbocycles. The Morgan fingerprint density at radius 1 is 1.53 bits per heavy atom. The van der Waals surface area contributed by atoms with Crippen LogP contribution in [0.1, 0.15) is 23.4 Å². The van der Waals surface area contributed by atoms with Crippen molar-refractivity contribution in [3.05, 3.63) is 28.1 Å². The SMILES string of the molecule is C[C@@H]1c2ccsc2CCN1c1ncc(S(N)(=O)=O)s1. The maximum atomic E-state index is 11.3. The van der Waals surface area contributed by atoms with Gasteiger partial charge in [0.05, 0.1) is 12.2 Å². The molecule has 0 unspecified atom stereocenters. The Morgan fingerprint density at radius 3 is 3.00 bits per heavy atom. The number of rotatable bonds is 2. The maximum Gasteiger partial charge on any atom is 0.249 e. The Morgan fingerprint density at radius 2 is 2.32 bits per heavy atom. The van der Waals surface area contributed by atoms with Gasteiger partial charge in [-0.15, -0.1) is 11.3 Å². The van der Waals surface area contributed by atoms with Crippen LogP contribution in [0.15, 0.2) is 21.9 Å². The molecule has 0 bridgehead atoms. The van der Waals surface area contributed by atoms with Crippen LogP contribution in [-0.4, -0.2) is 19.9 Å². The first kappa shape index (κ1) is 13.0. The lowest BCUT2D eigenvalue weighted by atomic mass is 10.0. The number of nitrogens with zero attached hydrogens (tertiary/aromatic N) is 2. The summed E-state index contributed by atoms with van der Waals surface area (Å²) >= 11 is 2.91. The Labute approximate surface area is 119 Å². The van der Waals surface area contributed by atoms with Gasteiger partial charge in [-0.3, -0.25) is 0 Å². The molecule has 8 heteroatoms.